The Morgan fingerprint density at radius 2 is 1.41 bits per heavy atom. The van der Waals surface area contributed by atoms with Crippen LogP contribution in [0.4, 0.5) is 16.5 Å². The zero-order valence-corrected chi connectivity index (χ0v) is 43.1. The van der Waals surface area contributed by atoms with Crippen molar-refractivity contribution < 1.29 is 32.0 Å². The number of hydrogen-bond donors (Lipinski definition) is 2. The van der Waals surface area contributed by atoms with Crippen LogP contribution in [0, 0.1) is 0 Å². The summed E-state index contributed by atoms with van der Waals surface area (Å²) in [4.78, 5) is 52.5. The van der Waals surface area contributed by atoms with E-state index in [1.54, 1.807) is 6.92 Å². The van der Waals surface area contributed by atoms with Gasteiger partial charge in [-0.1, -0.05) is 124 Å². The van der Waals surface area contributed by atoms with Crippen LogP contribution < -0.4 is 15.3 Å². The second-order valence-corrected chi connectivity index (χ2v) is 19.6. The molecule has 4 heterocycles. The van der Waals surface area contributed by atoms with Crippen molar-refractivity contribution in [1.82, 2.24) is 19.7 Å². The normalized spacial score (nSPS) is 12.9. The van der Waals surface area contributed by atoms with Crippen LogP contribution in [0.3, 0.4) is 0 Å². The van der Waals surface area contributed by atoms with Gasteiger partial charge in [-0.25, -0.2) is 9.97 Å². The van der Waals surface area contributed by atoms with Gasteiger partial charge in [-0.05, 0) is 57.4 Å². The summed E-state index contributed by atoms with van der Waals surface area (Å²) in [5.41, 5.74) is 6.58. The average Bonchev–Trinajstić information content (AvgIpc) is 4.24. The van der Waals surface area contributed by atoms with Gasteiger partial charge in [0.1, 0.15) is 11.5 Å². The molecule has 8 aromatic rings. The molecule has 386 valence electrons. The summed E-state index contributed by atoms with van der Waals surface area (Å²) in [5, 5.41) is 21.7. The van der Waals surface area contributed by atoms with Gasteiger partial charge in [-0.15, -0.1) is 27.8 Å². The number of azo groups is 1. The summed E-state index contributed by atoms with van der Waals surface area (Å²) >= 11 is 2.64. The number of carbonyl (C=O) groups excluding carboxylic acids is 2. The highest BCUT2D eigenvalue weighted by Crippen LogP contribution is 2.32. The van der Waals surface area contributed by atoms with Crippen molar-refractivity contribution in [3.63, 3.8) is 0 Å². The lowest BCUT2D eigenvalue weighted by Gasteiger charge is -2.08. The van der Waals surface area contributed by atoms with E-state index in [9.17, 15) is 27.4 Å². The van der Waals surface area contributed by atoms with E-state index in [-0.39, 0.29) is 35.4 Å². The van der Waals surface area contributed by atoms with Crippen molar-refractivity contribution in [2.24, 2.45) is 20.3 Å². The quantitative estimate of drug-likeness (QED) is 0.0318. The number of aromatic nitrogens is 4. The molecule has 1 amide bonds. The van der Waals surface area contributed by atoms with Gasteiger partial charge in [-0.3, -0.25) is 29.0 Å². The number of unbranched alkanes of at least 4 members (excludes halogenated alkanes) is 1. The van der Waals surface area contributed by atoms with Gasteiger partial charge in [-0.2, -0.15) is 28.3 Å². The summed E-state index contributed by atoms with van der Waals surface area (Å²) in [6.07, 6.45) is 3.21. The molecule has 0 radical (unpaired) electrons. The number of hydrazone groups is 1. The Bertz CT molecular complexity index is 3500. The Kier molecular flexibility index (Phi) is 18.9. The number of ether oxygens (including phenoxy) is 2. The molecule has 0 bridgehead atoms. The summed E-state index contributed by atoms with van der Waals surface area (Å²) < 4.78 is 44.6. The van der Waals surface area contributed by atoms with Crippen LogP contribution in [0.5, 0.6) is 5.75 Å². The smallest absolute Gasteiger partial charge is 0.301 e. The molecule has 0 fully saturated rings. The van der Waals surface area contributed by atoms with Gasteiger partial charge < -0.3 is 9.47 Å². The number of aliphatic imine (C=N–C) groups is 1. The maximum Gasteiger partial charge on any atom is 0.301 e. The number of para-hydroxylation sites is 1. The standard InChI is InChI=1S/C30H34N4O4S.C24H17N5O4S2.CH4/c1-4-17-37-18-9-8-11-26(35)23-15-13-22(14-16-23)25-20-39-30(32-25)34-29(36)28(21(3)33-34)31-19-24-10-6-7-12-27(24)38-5-2;30-23-22(27-26-18-12-7-13-19(14-18)35(31,32)33)21(17-10-5-2-6-11-17)28-29(23)24-25-20(15-34-24)16-8-3-1-4-9-16;/h6-7,10,12-16,20H,4-5,8-9,11,17-19H2,1-3H3;1-15,28H,(H,31,32,33);1H4. The number of Topliss-reactive ketones (excluding diaryl/α,β-unsaturated/α-hetero) is 1. The number of anilines is 1. The lowest BCUT2D eigenvalue weighted by molar-refractivity contribution is -0.112. The molecule has 20 heteroatoms. The summed E-state index contributed by atoms with van der Waals surface area (Å²) in [6, 6.07) is 39.2. The maximum absolute atomic E-state index is 13.4. The number of benzene rings is 5. The molecular formula is C55H55N9O8S3. The third-order valence-corrected chi connectivity index (χ3v) is 13.7. The number of nitrogens with zero attached hydrogens (tertiary/aromatic N) is 8. The average molecular weight is 1070 g/mol. The lowest BCUT2D eigenvalue weighted by Crippen LogP contribution is -2.27. The summed E-state index contributed by atoms with van der Waals surface area (Å²) in [6.45, 7) is 8.13. The van der Waals surface area contributed by atoms with Gasteiger partial charge in [0.05, 0.1) is 46.5 Å². The fourth-order valence-corrected chi connectivity index (χ4v) is 9.58. The van der Waals surface area contributed by atoms with Gasteiger partial charge in [0, 0.05) is 58.2 Å². The van der Waals surface area contributed by atoms with Crippen molar-refractivity contribution >= 4 is 72.4 Å². The molecule has 3 aromatic heterocycles. The number of carbonyl (C=O) groups is 2. The number of aromatic amines is 1. The minimum Gasteiger partial charge on any atom is -0.494 e. The predicted molar refractivity (Wildman–Crippen MR) is 296 cm³/mol. The van der Waals surface area contributed by atoms with Crippen LogP contribution >= 0.6 is 22.7 Å². The Morgan fingerprint density at radius 3 is 2.11 bits per heavy atom. The number of hydrogen-bond acceptors (Lipinski definition) is 15. The number of rotatable bonds is 20. The first-order chi connectivity index (χ1) is 35.9. The van der Waals surface area contributed by atoms with Crippen molar-refractivity contribution in [3.8, 4) is 44.7 Å². The van der Waals surface area contributed by atoms with Crippen LogP contribution in [0.15, 0.2) is 174 Å². The van der Waals surface area contributed by atoms with E-state index in [1.807, 2.05) is 127 Å². The third kappa shape index (κ3) is 13.8. The summed E-state index contributed by atoms with van der Waals surface area (Å²) in [5.74, 6) is 0.582. The van der Waals surface area contributed by atoms with Crippen molar-refractivity contribution in [3.05, 3.63) is 166 Å². The van der Waals surface area contributed by atoms with E-state index in [4.69, 9.17) is 9.47 Å². The molecule has 0 atom stereocenters. The van der Waals surface area contributed by atoms with Gasteiger partial charge >= 0.3 is 11.5 Å². The van der Waals surface area contributed by atoms with Crippen molar-refractivity contribution in [2.75, 3.05) is 24.8 Å². The first-order valence-electron chi connectivity index (χ1n) is 23.6. The van der Waals surface area contributed by atoms with E-state index in [1.165, 1.54) is 56.6 Å². The van der Waals surface area contributed by atoms with Crippen LogP contribution in [0.1, 0.15) is 69.8 Å². The van der Waals surface area contributed by atoms with E-state index in [0.29, 0.717) is 64.7 Å². The number of amides is 1. The molecular weight excluding hydrogens is 1010 g/mol. The molecule has 75 heavy (non-hydrogen) atoms. The fraction of sp³-hybridized carbons (Fsp3) is 0.218. The molecule has 0 saturated carbocycles. The van der Waals surface area contributed by atoms with Crippen LogP contribution in [-0.4, -0.2) is 75.7 Å². The second-order valence-electron chi connectivity index (χ2n) is 16.5. The maximum atomic E-state index is 13.4. The summed E-state index contributed by atoms with van der Waals surface area (Å²) in [7, 11) is -4.40. The van der Waals surface area contributed by atoms with Gasteiger partial charge in [0.15, 0.2) is 11.5 Å². The van der Waals surface area contributed by atoms with Crippen molar-refractivity contribution in [1.29, 1.82) is 0 Å². The molecule has 9 rings (SSSR count). The molecule has 0 saturated heterocycles. The highest BCUT2D eigenvalue weighted by molar-refractivity contribution is 7.85. The number of H-pyrrole nitrogens is 1. The van der Waals surface area contributed by atoms with Gasteiger partial charge in [0.25, 0.3) is 10.1 Å². The van der Waals surface area contributed by atoms with E-state index in [0.717, 1.165) is 59.7 Å². The molecule has 1 aliphatic heterocycles. The molecule has 17 nitrogen and oxygen atoms in total. The SMILES string of the molecule is C.CCCOCCCCC(=O)c1ccc(-c2csc(N3N=C(C)C(=NCc4ccccc4OCC)C3=O)n2)cc1.O=c1c(N=Nc2cccc(S(=O)(=O)O)c2)c(-c2ccccc2)[nH]n1-c1nc(-c2ccccc2)cs1. The number of ketones is 1. The molecule has 2 N–H and O–H groups in total. The van der Waals surface area contributed by atoms with Crippen LogP contribution in [-0.2, 0) is 26.2 Å². The highest BCUT2D eigenvalue weighted by Gasteiger charge is 2.32. The first-order valence-corrected chi connectivity index (χ1v) is 26.8. The van der Waals surface area contributed by atoms with Crippen molar-refractivity contribution in [2.45, 2.75) is 65.3 Å². The molecule has 5 aromatic carbocycles. The molecule has 0 unspecified atom stereocenters. The fourth-order valence-electron chi connectivity index (χ4n) is 7.49. The third-order valence-electron chi connectivity index (χ3n) is 11.2. The minimum absolute atomic E-state index is 0. The highest BCUT2D eigenvalue weighted by atomic mass is 32.2. The van der Waals surface area contributed by atoms with E-state index in [2.05, 4.69) is 42.3 Å². The second kappa shape index (κ2) is 25.9. The Balaban J connectivity index is 0.000000217. The number of nitrogens with one attached hydrogen (secondary N) is 1. The largest absolute Gasteiger partial charge is 0.494 e. The zero-order valence-electron chi connectivity index (χ0n) is 40.6. The van der Waals surface area contributed by atoms with E-state index >= 15 is 0 Å². The Labute approximate surface area is 442 Å². The Hall–Kier alpha value is -7.88. The minimum atomic E-state index is -4.40. The van der Waals surface area contributed by atoms with Crippen LogP contribution in [0.25, 0.3) is 38.9 Å². The molecule has 0 aliphatic carbocycles. The predicted octanol–water partition coefficient (Wildman–Crippen LogP) is 12.6. The van der Waals surface area contributed by atoms with E-state index < -0.39 is 15.7 Å². The lowest BCUT2D eigenvalue weighted by atomic mass is 10.0. The topological polar surface area (TPSA) is 223 Å². The number of thiazole rings is 2. The van der Waals surface area contributed by atoms with Gasteiger partial charge in [0.2, 0.25) is 10.3 Å². The van der Waals surface area contributed by atoms with Crippen LogP contribution in [0.2, 0.25) is 0 Å². The zero-order chi connectivity index (χ0) is 52.0. The molecule has 0 spiro atoms. The Morgan fingerprint density at radius 1 is 0.760 bits per heavy atom. The first kappa shape index (κ1) is 54.9. The molecule has 1 aliphatic rings. The monoisotopic (exact) mass is 1070 g/mol.